The number of carbonyl (C=O) groups excluding carboxylic acids is 2. The van der Waals surface area contributed by atoms with Gasteiger partial charge in [0, 0.05) is 6.42 Å². The first kappa shape index (κ1) is 24.4. The lowest BCUT2D eigenvalue weighted by molar-refractivity contribution is -0.154. The quantitative estimate of drug-likeness (QED) is 0.239. The van der Waals surface area contributed by atoms with Gasteiger partial charge in [0.05, 0.1) is 11.8 Å². The Hall–Kier alpha value is -4.97. The summed E-state index contributed by atoms with van der Waals surface area (Å²) >= 11 is 0. The Morgan fingerprint density at radius 2 is 1.36 bits per heavy atom. The summed E-state index contributed by atoms with van der Waals surface area (Å²) in [6.45, 7) is -0.711. The van der Waals surface area contributed by atoms with Crippen LogP contribution in [0.2, 0.25) is 0 Å². The zero-order valence-corrected chi connectivity index (χ0v) is 21.2. The van der Waals surface area contributed by atoms with Gasteiger partial charge >= 0.3 is 5.97 Å². The number of nitrogens with zero attached hydrogens (tertiary/aromatic N) is 2. The molecule has 1 heterocycles. The van der Waals surface area contributed by atoms with Crippen LogP contribution in [0.25, 0.3) is 21.5 Å². The topological polar surface area (TPSA) is 68.2 Å². The third-order valence-corrected chi connectivity index (χ3v) is 6.87. The minimum atomic E-state index is -0.620. The van der Waals surface area contributed by atoms with Crippen molar-refractivity contribution in [2.24, 2.45) is 5.10 Å². The maximum Gasteiger partial charge on any atom is 0.344 e. The number of esters is 1. The van der Waals surface area contributed by atoms with E-state index in [1.54, 1.807) is 6.07 Å². The Bertz CT molecular complexity index is 1700. The van der Waals surface area contributed by atoms with E-state index in [1.165, 1.54) is 5.01 Å². The van der Waals surface area contributed by atoms with Crippen molar-refractivity contribution >= 4 is 39.1 Å². The van der Waals surface area contributed by atoms with E-state index in [0.717, 1.165) is 38.4 Å². The van der Waals surface area contributed by atoms with Crippen molar-refractivity contribution in [3.8, 4) is 5.75 Å². The molecule has 0 bridgehead atoms. The molecule has 5 aromatic carbocycles. The summed E-state index contributed by atoms with van der Waals surface area (Å²) in [5, 5.41) is 10.5. The number of fused-ring (bicyclic) bond motifs is 2. The van der Waals surface area contributed by atoms with Crippen molar-refractivity contribution in [2.45, 2.75) is 12.5 Å². The van der Waals surface area contributed by atoms with Crippen LogP contribution in [-0.4, -0.2) is 35.8 Å². The number of benzene rings is 5. The van der Waals surface area contributed by atoms with Crippen molar-refractivity contribution in [2.75, 3.05) is 13.2 Å². The van der Waals surface area contributed by atoms with E-state index in [9.17, 15) is 9.59 Å². The summed E-state index contributed by atoms with van der Waals surface area (Å²) in [5.41, 5.74) is 2.75. The standard InChI is InChI=1S/C33H26N2O4/c36-32(21-39-33(37)22-38-29-17-16-24-9-5-7-13-27(24)19-29)35-31(25-10-2-1-3-11-25)20-30(34-35)28-15-14-23-8-4-6-12-26(23)18-28/h1-19,31H,20-22H2. The molecule has 192 valence electrons. The maximum atomic E-state index is 13.2. The fraction of sp³-hybridized carbons (Fsp3) is 0.121. The minimum absolute atomic E-state index is 0.285. The second kappa shape index (κ2) is 10.8. The number of rotatable bonds is 7. The second-order valence-corrected chi connectivity index (χ2v) is 9.44. The van der Waals surface area contributed by atoms with E-state index in [0.29, 0.717) is 12.2 Å². The highest BCUT2D eigenvalue weighted by Crippen LogP contribution is 2.33. The van der Waals surface area contributed by atoms with Crippen LogP contribution < -0.4 is 4.74 Å². The van der Waals surface area contributed by atoms with Crippen molar-refractivity contribution in [3.63, 3.8) is 0 Å². The Labute approximate surface area is 226 Å². The van der Waals surface area contributed by atoms with E-state index in [2.05, 4.69) is 24.3 Å². The summed E-state index contributed by atoms with van der Waals surface area (Å²) in [7, 11) is 0. The number of carbonyl (C=O) groups is 2. The van der Waals surface area contributed by atoms with E-state index < -0.39 is 18.5 Å². The molecule has 0 saturated heterocycles. The molecule has 39 heavy (non-hydrogen) atoms. The zero-order valence-electron chi connectivity index (χ0n) is 21.2. The van der Waals surface area contributed by atoms with Gasteiger partial charge in [-0.25, -0.2) is 9.80 Å². The van der Waals surface area contributed by atoms with Gasteiger partial charge in [-0.2, -0.15) is 5.10 Å². The first-order chi connectivity index (χ1) is 19.1. The van der Waals surface area contributed by atoms with E-state index >= 15 is 0 Å². The predicted octanol–water partition coefficient (Wildman–Crippen LogP) is 6.29. The number of amides is 1. The molecule has 6 rings (SSSR count). The highest BCUT2D eigenvalue weighted by atomic mass is 16.6. The average Bonchev–Trinajstić information content (AvgIpc) is 3.45. The first-order valence-electron chi connectivity index (χ1n) is 12.8. The third-order valence-electron chi connectivity index (χ3n) is 6.87. The molecule has 0 saturated carbocycles. The molecule has 1 atom stereocenters. The molecule has 1 aliphatic rings. The van der Waals surface area contributed by atoms with Gasteiger partial charge in [0.1, 0.15) is 5.75 Å². The number of hydrogen-bond donors (Lipinski definition) is 0. The van der Waals surface area contributed by atoms with Crippen molar-refractivity contribution < 1.29 is 19.1 Å². The molecule has 0 spiro atoms. The third kappa shape index (κ3) is 5.36. The van der Waals surface area contributed by atoms with Gasteiger partial charge in [-0.3, -0.25) is 4.79 Å². The van der Waals surface area contributed by atoms with Gasteiger partial charge in [0.15, 0.2) is 13.2 Å². The van der Waals surface area contributed by atoms with Crippen LogP contribution in [0.15, 0.2) is 120 Å². The Morgan fingerprint density at radius 3 is 2.10 bits per heavy atom. The highest BCUT2D eigenvalue weighted by molar-refractivity contribution is 6.05. The maximum absolute atomic E-state index is 13.2. The molecule has 0 aromatic heterocycles. The van der Waals surface area contributed by atoms with Gasteiger partial charge in [0.2, 0.25) is 0 Å². The normalized spacial score (nSPS) is 14.8. The van der Waals surface area contributed by atoms with Crippen LogP contribution >= 0.6 is 0 Å². The summed E-state index contributed by atoms with van der Waals surface area (Å²) in [6.07, 6.45) is 0.563. The zero-order chi connectivity index (χ0) is 26.6. The fourth-order valence-corrected chi connectivity index (χ4v) is 4.87. The fourth-order valence-electron chi connectivity index (χ4n) is 4.87. The van der Waals surface area contributed by atoms with Gasteiger partial charge in [-0.15, -0.1) is 0 Å². The molecule has 5 aromatic rings. The first-order valence-corrected chi connectivity index (χ1v) is 12.8. The lowest BCUT2D eigenvalue weighted by Gasteiger charge is -2.21. The van der Waals surface area contributed by atoms with Crippen molar-refractivity contribution in [1.82, 2.24) is 5.01 Å². The SMILES string of the molecule is O=C(COc1ccc2ccccc2c1)OCC(=O)N1N=C(c2ccc3ccccc3c2)CC1c1ccccc1. The van der Waals surface area contributed by atoms with Crippen LogP contribution in [0.4, 0.5) is 0 Å². The van der Waals surface area contributed by atoms with Gasteiger partial charge < -0.3 is 9.47 Å². The highest BCUT2D eigenvalue weighted by Gasteiger charge is 2.33. The van der Waals surface area contributed by atoms with Crippen LogP contribution in [-0.2, 0) is 14.3 Å². The van der Waals surface area contributed by atoms with Crippen molar-refractivity contribution in [1.29, 1.82) is 0 Å². The van der Waals surface area contributed by atoms with E-state index in [4.69, 9.17) is 14.6 Å². The molecule has 1 aliphatic heterocycles. The molecule has 1 unspecified atom stereocenters. The van der Waals surface area contributed by atoms with E-state index in [-0.39, 0.29) is 12.6 Å². The number of hydrogen-bond acceptors (Lipinski definition) is 5. The van der Waals surface area contributed by atoms with Crippen LogP contribution in [0, 0.1) is 0 Å². The summed E-state index contributed by atoms with van der Waals surface area (Å²) in [5.74, 6) is -0.449. The Balaban J connectivity index is 1.14. The molecule has 0 radical (unpaired) electrons. The van der Waals surface area contributed by atoms with Crippen LogP contribution in [0.3, 0.4) is 0 Å². The molecule has 1 amide bonds. The largest absolute Gasteiger partial charge is 0.482 e. The van der Waals surface area contributed by atoms with E-state index in [1.807, 2.05) is 84.9 Å². The molecule has 0 fully saturated rings. The van der Waals surface area contributed by atoms with Crippen LogP contribution in [0.5, 0.6) is 5.75 Å². The van der Waals surface area contributed by atoms with Gasteiger partial charge in [0.25, 0.3) is 5.91 Å². The Morgan fingerprint density at radius 1 is 0.718 bits per heavy atom. The predicted molar refractivity (Wildman–Crippen MR) is 152 cm³/mol. The van der Waals surface area contributed by atoms with Gasteiger partial charge in [-0.05, 0) is 50.9 Å². The summed E-state index contributed by atoms with van der Waals surface area (Å²) in [6, 6.07) is 37.3. The van der Waals surface area contributed by atoms with Gasteiger partial charge in [-0.1, -0.05) is 97.1 Å². The average molecular weight is 515 g/mol. The Kier molecular flexibility index (Phi) is 6.75. The molecule has 0 aliphatic carbocycles. The molecule has 0 N–H and O–H groups in total. The smallest absolute Gasteiger partial charge is 0.344 e. The minimum Gasteiger partial charge on any atom is -0.482 e. The molecular formula is C33H26N2O4. The second-order valence-electron chi connectivity index (χ2n) is 9.44. The lowest BCUT2D eigenvalue weighted by atomic mass is 9.97. The molecule has 6 heteroatoms. The molecular weight excluding hydrogens is 488 g/mol. The van der Waals surface area contributed by atoms with Crippen molar-refractivity contribution in [3.05, 3.63) is 126 Å². The number of hydrazone groups is 1. The summed E-state index contributed by atoms with van der Waals surface area (Å²) < 4.78 is 10.9. The number of ether oxygens (including phenoxy) is 2. The monoisotopic (exact) mass is 514 g/mol. The molecule has 6 nitrogen and oxygen atoms in total. The van der Waals surface area contributed by atoms with Crippen LogP contribution in [0.1, 0.15) is 23.6 Å². The summed E-state index contributed by atoms with van der Waals surface area (Å²) in [4.78, 5) is 25.7. The lowest BCUT2D eigenvalue weighted by Crippen LogP contribution is -2.32.